The Kier molecular flexibility index (Phi) is 4.04. The quantitative estimate of drug-likeness (QED) is 0.747. The Morgan fingerprint density at radius 3 is 2.50 bits per heavy atom. The Morgan fingerprint density at radius 2 is 1.77 bits per heavy atom. The second-order valence-electron chi connectivity index (χ2n) is 9.01. The van der Waals surface area contributed by atoms with Crippen molar-refractivity contribution in [1.82, 2.24) is 15.6 Å². The van der Waals surface area contributed by atoms with E-state index in [-0.39, 0.29) is 11.4 Å². The van der Waals surface area contributed by atoms with Crippen LogP contribution in [0, 0.1) is 17.8 Å². The third-order valence-electron chi connectivity index (χ3n) is 7.05. The van der Waals surface area contributed by atoms with Gasteiger partial charge in [0.2, 0.25) is 5.91 Å². The van der Waals surface area contributed by atoms with Gasteiger partial charge in [0, 0.05) is 29.2 Å². The van der Waals surface area contributed by atoms with Gasteiger partial charge >= 0.3 is 0 Å². The minimum absolute atomic E-state index is 0.139. The molecule has 0 spiro atoms. The zero-order chi connectivity index (χ0) is 17.6. The van der Waals surface area contributed by atoms with E-state index in [1.165, 1.54) is 49.5 Å². The summed E-state index contributed by atoms with van der Waals surface area (Å²) < 4.78 is 0. The summed E-state index contributed by atoms with van der Waals surface area (Å²) in [7, 11) is 0. The molecule has 0 unspecified atom stereocenters. The monoisotopic (exact) mass is 351 g/mol. The summed E-state index contributed by atoms with van der Waals surface area (Å²) in [5, 5.41) is 8.04. The molecule has 4 saturated carbocycles. The van der Waals surface area contributed by atoms with Gasteiger partial charge in [-0.3, -0.25) is 4.79 Å². The third kappa shape index (κ3) is 3.05. The van der Waals surface area contributed by atoms with E-state index in [9.17, 15) is 4.79 Å². The summed E-state index contributed by atoms with van der Waals surface area (Å²) in [6, 6.07) is 8.33. The maximum absolute atomic E-state index is 12.3. The summed E-state index contributed by atoms with van der Waals surface area (Å²) in [4.78, 5) is 15.6. The van der Waals surface area contributed by atoms with E-state index in [0.29, 0.717) is 13.1 Å². The summed E-state index contributed by atoms with van der Waals surface area (Å²) in [6.45, 7) is 1.17. The zero-order valence-electron chi connectivity index (χ0n) is 15.4. The average Bonchev–Trinajstić information content (AvgIpc) is 3.02. The number of amides is 1. The molecule has 4 nitrogen and oxygen atoms in total. The lowest BCUT2D eigenvalue weighted by Gasteiger charge is -2.57. The molecule has 4 heteroatoms. The molecule has 4 bridgehead atoms. The lowest BCUT2D eigenvalue weighted by molar-refractivity contribution is -0.121. The number of benzene rings is 1. The van der Waals surface area contributed by atoms with Crippen LogP contribution in [0.25, 0.3) is 10.9 Å². The molecule has 1 aromatic carbocycles. The van der Waals surface area contributed by atoms with Crippen molar-refractivity contribution in [2.24, 2.45) is 17.8 Å². The summed E-state index contributed by atoms with van der Waals surface area (Å²) in [5.74, 6) is 2.89. The van der Waals surface area contributed by atoms with Gasteiger partial charge in [-0.2, -0.15) is 0 Å². The van der Waals surface area contributed by atoms with Gasteiger partial charge < -0.3 is 15.6 Å². The Morgan fingerprint density at radius 1 is 1.08 bits per heavy atom. The fraction of sp³-hybridized carbons (Fsp3) is 0.591. The largest absolute Gasteiger partial charge is 0.361 e. The minimum Gasteiger partial charge on any atom is -0.361 e. The highest BCUT2D eigenvalue weighted by Gasteiger charge is 2.50. The van der Waals surface area contributed by atoms with Crippen LogP contribution >= 0.6 is 0 Å². The maximum atomic E-state index is 12.3. The Balaban J connectivity index is 1.12. The SMILES string of the molecule is O=C(CNC12CC3CC(CC(C3)C1)C2)NCCc1c[nH]c2ccccc12. The van der Waals surface area contributed by atoms with Gasteiger partial charge in [-0.15, -0.1) is 0 Å². The molecule has 2 aromatic rings. The Hall–Kier alpha value is -1.81. The van der Waals surface area contributed by atoms with E-state index in [1.54, 1.807) is 0 Å². The van der Waals surface area contributed by atoms with Crippen molar-refractivity contribution in [2.45, 2.75) is 50.5 Å². The fourth-order valence-corrected chi connectivity index (χ4v) is 6.33. The van der Waals surface area contributed by atoms with Gasteiger partial charge in [-0.1, -0.05) is 18.2 Å². The molecule has 138 valence electrons. The van der Waals surface area contributed by atoms with Crippen LogP contribution in [0.4, 0.5) is 0 Å². The van der Waals surface area contributed by atoms with Crippen molar-refractivity contribution in [3.8, 4) is 0 Å². The number of carbonyl (C=O) groups is 1. The van der Waals surface area contributed by atoms with E-state index >= 15 is 0 Å². The molecule has 4 aliphatic carbocycles. The lowest BCUT2D eigenvalue weighted by atomic mass is 9.53. The van der Waals surface area contributed by atoms with Crippen molar-refractivity contribution < 1.29 is 4.79 Å². The summed E-state index contributed by atoms with van der Waals surface area (Å²) in [5.41, 5.74) is 2.70. The van der Waals surface area contributed by atoms with Gasteiger partial charge in [-0.25, -0.2) is 0 Å². The van der Waals surface area contributed by atoms with Crippen LogP contribution in [0.5, 0.6) is 0 Å². The predicted octanol–water partition coefficient (Wildman–Crippen LogP) is 3.39. The van der Waals surface area contributed by atoms with Crippen molar-refractivity contribution in [3.63, 3.8) is 0 Å². The van der Waals surface area contributed by atoms with Crippen LogP contribution in [-0.2, 0) is 11.2 Å². The van der Waals surface area contributed by atoms with Gasteiger partial charge in [0.25, 0.3) is 0 Å². The normalized spacial score (nSPS) is 32.2. The highest BCUT2D eigenvalue weighted by Crippen LogP contribution is 2.55. The first-order valence-electron chi connectivity index (χ1n) is 10.3. The molecule has 1 aromatic heterocycles. The second-order valence-corrected chi connectivity index (χ2v) is 9.01. The number of fused-ring (bicyclic) bond motifs is 1. The number of para-hydroxylation sites is 1. The molecule has 1 heterocycles. The molecule has 0 radical (unpaired) electrons. The van der Waals surface area contributed by atoms with Crippen LogP contribution < -0.4 is 10.6 Å². The number of carbonyl (C=O) groups excluding carboxylic acids is 1. The Bertz CT molecular complexity index is 773. The van der Waals surface area contributed by atoms with Crippen LogP contribution in [0.2, 0.25) is 0 Å². The molecule has 26 heavy (non-hydrogen) atoms. The maximum Gasteiger partial charge on any atom is 0.233 e. The molecule has 4 fully saturated rings. The molecule has 4 aliphatic rings. The smallest absolute Gasteiger partial charge is 0.233 e. The van der Waals surface area contributed by atoms with E-state index in [1.807, 2.05) is 6.07 Å². The number of aromatic nitrogens is 1. The van der Waals surface area contributed by atoms with E-state index in [0.717, 1.165) is 29.7 Å². The first-order valence-corrected chi connectivity index (χ1v) is 10.3. The van der Waals surface area contributed by atoms with E-state index in [4.69, 9.17) is 0 Å². The number of aromatic amines is 1. The topological polar surface area (TPSA) is 56.9 Å². The van der Waals surface area contributed by atoms with Crippen LogP contribution in [0.15, 0.2) is 30.5 Å². The molecular formula is C22H29N3O. The van der Waals surface area contributed by atoms with Crippen molar-refractivity contribution >= 4 is 16.8 Å². The molecule has 0 aliphatic heterocycles. The number of hydrogen-bond acceptors (Lipinski definition) is 2. The summed E-state index contributed by atoms with van der Waals surface area (Å²) >= 11 is 0. The van der Waals surface area contributed by atoms with Gasteiger partial charge in [0.1, 0.15) is 0 Å². The van der Waals surface area contributed by atoms with E-state index in [2.05, 4.69) is 40.0 Å². The molecule has 0 saturated heterocycles. The van der Waals surface area contributed by atoms with E-state index < -0.39 is 0 Å². The first kappa shape index (κ1) is 16.4. The third-order valence-corrected chi connectivity index (χ3v) is 7.05. The van der Waals surface area contributed by atoms with Crippen LogP contribution in [-0.4, -0.2) is 29.5 Å². The number of H-pyrrole nitrogens is 1. The molecule has 0 atom stereocenters. The summed E-state index contributed by atoms with van der Waals surface area (Å²) in [6.07, 6.45) is 11.1. The fourth-order valence-electron chi connectivity index (χ4n) is 6.33. The molecule has 6 rings (SSSR count). The van der Waals surface area contributed by atoms with Crippen molar-refractivity contribution in [3.05, 3.63) is 36.0 Å². The van der Waals surface area contributed by atoms with Gasteiger partial charge in [0.05, 0.1) is 6.54 Å². The number of rotatable bonds is 6. The standard InChI is InChI=1S/C22H29N3O/c26-21(23-6-5-18-13-24-20-4-2-1-3-19(18)20)14-25-22-10-15-7-16(11-22)9-17(8-15)12-22/h1-4,13,15-17,24-25H,5-12,14H2,(H,23,26). The van der Waals surface area contributed by atoms with Gasteiger partial charge in [0.15, 0.2) is 0 Å². The second kappa shape index (κ2) is 6.41. The molecular weight excluding hydrogens is 322 g/mol. The predicted molar refractivity (Wildman–Crippen MR) is 104 cm³/mol. The highest BCUT2D eigenvalue weighted by atomic mass is 16.1. The lowest BCUT2D eigenvalue weighted by Crippen LogP contribution is -2.59. The van der Waals surface area contributed by atoms with Crippen molar-refractivity contribution in [1.29, 1.82) is 0 Å². The van der Waals surface area contributed by atoms with Gasteiger partial charge in [-0.05, 0) is 74.3 Å². The Labute approximate surface area is 155 Å². The van der Waals surface area contributed by atoms with Crippen LogP contribution in [0.1, 0.15) is 44.1 Å². The number of nitrogens with one attached hydrogen (secondary N) is 3. The van der Waals surface area contributed by atoms with Crippen molar-refractivity contribution in [2.75, 3.05) is 13.1 Å². The minimum atomic E-state index is 0.139. The molecule has 3 N–H and O–H groups in total. The van der Waals surface area contributed by atoms with Crippen LogP contribution in [0.3, 0.4) is 0 Å². The zero-order valence-corrected chi connectivity index (χ0v) is 15.4. The first-order chi connectivity index (χ1) is 12.7. The molecule has 1 amide bonds. The highest BCUT2D eigenvalue weighted by molar-refractivity contribution is 5.83. The number of hydrogen-bond donors (Lipinski definition) is 3. The average molecular weight is 351 g/mol.